The Bertz CT molecular complexity index is 293. The van der Waals surface area contributed by atoms with E-state index in [0.29, 0.717) is 0 Å². The Labute approximate surface area is 76.2 Å². The van der Waals surface area contributed by atoms with Crippen LogP contribution in [-0.4, -0.2) is 15.8 Å². The SMILES string of the molecule is C=C(C(N)c1csnn1)C(F)(F)F. The highest BCUT2D eigenvalue weighted by molar-refractivity contribution is 7.03. The fourth-order valence-corrected chi connectivity index (χ4v) is 1.15. The monoisotopic (exact) mass is 209 g/mol. The molecule has 1 unspecified atom stereocenters. The summed E-state index contributed by atoms with van der Waals surface area (Å²) in [6, 6.07) is -1.32. The maximum atomic E-state index is 12.1. The molecule has 1 atom stereocenters. The second kappa shape index (κ2) is 3.43. The van der Waals surface area contributed by atoms with E-state index in [1.54, 1.807) is 0 Å². The molecule has 13 heavy (non-hydrogen) atoms. The average molecular weight is 209 g/mol. The largest absolute Gasteiger partial charge is 0.414 e. The predicted octanol–water partition coefficient (Wildman–Crippen LogP) is 1.66. The van der Waals surface area contributed by atoms with Crippen molar-refractivity contribution in [2.45, 2.75) is 12.2 Å². The van der Waals surface area contributed by atoms with Gasteiger partial charge in [0.2, 0.25) is 0 Å². The van der Waals surface area contributed by atoms with Crippen molar-refractivity contribution in [3.8, 4) is 0 Å². The van der Waals surface area contributed by atoms with E-state index in [1.807, 2.05) is 0 Å². The fourth-order valence-electron chi connectivity index (χ4n) is 0.662. The first-order valence-electron chi connectivity index (χ1n) is 3.21. The molecule has 0 fully saturated rings. The zero-order valence-electron chi connectivity index (χ0n) is 6.38. The highest BCUT2D eigenvalue weighted by Crippen LogP contribution is 2.31. The maximum Gasteiger partial charge on any atom is 0.414 e. The van der Waals surface area contributed by atoms with Crippen LogP contribution in [0, 0.1) is 0 Å². The first-order chi connectivity index (χ1) is 5.93. The number of rotatable bonds is 2. The molecule has 0 bridgehead atoms. The number of nitrogens with zero attached hydrogens (tertiary/aromatic N) is 2. The van der Waals surface area contributed by atoms with Gasteiger partial charge in [0.1, 0.15) is 0 Å². The van der Waals surface area contributed by atoms with Crippen molar-refractivity contribution < 1.29 is 13.2 Å². The van der Waals surface area contributed by atoms with Crippen LogP contribution in [0.3, 0.4) is 0 Å². The third-order valence-corrected chi connectivity index (χ3v) is 1.96. The third kappa shape index (κ3) is 2.25. The Morgan fingerprint density at radius 2 is 2.23 bits per heavy atom. The fraction of sp³-hybridized carbons (Fsp3) is 0.333. The lowest BCUT2D eigenvalue weighted by Crippen LogP contribution is -2.23. The minimum atomic E-state index is -4.48. The Morgan fingerprint density at radius 3 is 2.62 bits per heavy atom. The summed E-state index contributed by atoms with van der Waals surface area (Å²) in [5, 5.41) is 4.80. The van der Waals surface area contributed by atoms with Gasteiger partial charge in [-0.1, -0.05) is 11.1 Å². The zero-order valence-corrected chi connectivity index (χ0v) is 7.19. The van der Waals surface area contributed by atoms with Gasteiger partial charge >= 0.3 is 6.18 Å². The minimum absolute atomic E-state index is 0.0901. The smallest absolute Gasteiger partial charge is 0.319 e. The van der Waals surface area contributed by atoms with Crippen molar-refractivity contribution >= 4 is 11.5 Å². The summed E-state index contributed by atoms with van der Waals surface area (Å²) < 4.78 is 39.6. The van der Waals surface area contributed by atoms with Gasteiger partial charge in [-0.25, -0.2) is 0 Å². The number of nitrogens with two attached hydrogens (primary N) is 1. The van der Waals surface area contributed by atoms with Gasteiger partial charge in [-0.2, -0.15) is 13.2 Å². The summed E-state index contributed by atoms with van der Waals surface area (Å²) in [6.07, 6.45) is -4.48. The van der Waals surface area contributed by atoms with Crippen molar-refractivity contribution in [2.24, 2.45) is 5.73 Å². The molecule has 0 aromatic carbocycles. The van der Waals surface area contributed by atoms with Gasteiger partial charge in [-0.05, 0) is 11.5 Å². The van der Waals surface area contributed by atoms with E-state index >= 15 is 0 Å². The standard InChI is InChI=1S/C6H6F3N3S/c1-3(6(7,8)9)5(10)4-2-13-12-11-4/h2,5H,1,10H2. The summed E-state index contributed by atoms with van der Waals surface area (Å²) >= 11 is 0.946. The first kappa shape index (κ1) is 10.1. The Balaban J connectivity index is 2.81. The Kier molecular flexibility index (Phi) is 2.67. The van der Waals surface area contributed by atoms with Crippen LogP contribution in [-0.2, 0) is 0 Å². The maximum absolute atomic E-state index is 12.1. The first-order valence-corrected chi connectivity index (χ1v) is 4.05. The summed E-state index contributed by atoms with van der Waals surface area (Å²) in [6.45, 7) is 2.87. The molecular formula is C6H6F3N3S. The van der Waals surface area contributed by atoms with Crippen molar-refractivity contribution in [3.05, 3.63) is 23.2 Å². The number of hydrogen-bond acceptors (Lipinski definition) is 4. The number of aromatic nitrogens is 2. The summed E-state index contributed by atoms with van der Waals surface area (Å²) in [4.78, 5) is 0. The molecule has 0 aliphatic carbocycles. The van der Waals surface area contributed by atoms with E-state index in [1.165, 1.54) is 5.38 Å². The molecule has 2 N–H and O–H groups in total. The molecule has 3 nitrogen and oxygen atoms in total. The lowest BCUT2D eigenvalue weighted by atomic mass is 10.1. The minimum Gasteiger partial charge on any atom is -0.319 e. The molecule has 1 heterocycles. The van der Waals surface area contributed by atoms with Crippen molar-refractivity contribution in [1.82, 2.24) is 9.59 Å². The van der Waals surface area contributed by atoms with Crippen LogP contribution in [0.4, 0.5) is 13.2 Å². The number of halogens is 3. The van der Waals surface area contributed by atoms with Crippen LogP contribution in [0.1, 0.15) is 11.7 Å². The van der Waals surface area contributed by atoms with Crippen LogP contribution in [0.15, 0.2) is 17.5 Å². The summed E-state index contributed by atoms with van der Waals surface area (Å²) in [7, 11) is 0. The molecule has 0 aliphatic rings. The van der Waals surface area contributed by atoms with Crippen LogP contribution < -0.4 is 5.73 Å². The van der Waals surface area contributed by atoms with Gasteiger partial charge in [-0.15, -0.1) is 5.10 Å². The van der Waals surface area contributed by atoms with Crippen LogP contribution in [0.2, 0.25) is 0 Å². The Hall–Kier alpha value is -0.950. The molecule has 0 spiro atoms. The van der Waals surface area contributed by atoms with Gasteiger partial charge in [-0.3, -0.25) is 0 Å². The highest BCUT2D eigenvalue weighted by Gasteiger charge is 2.36. The van der Waals surface area contributed by atoms with Crippen molar-refractivity contribution in [1.29, 1.82) is 0 Å². The molecule has 0 amide bonds. The number of alkyl halides is 3. The quantitative estimate of drug-likeness (QED) is 0.753. The summed E-state index contributed by atoms with van der Waals surface area (Å²) in [5.74, 6) is 0. The molecular weight excluding hydrogens is 203 g/mol. The second-order valence-electron chi connectivity index (χ2n) is 2.33. The van der Waals surface area contributed by atoms with Crippen LogP contribution >= 0.6 is 11.5 Å². The van der Waals surface area contributed by atoms with E-state index in [2.05, 4.69) is 16.2 Å². The molecule has 1 rings (SSSR count). The topological polar surface area (TPSA) is 51.8 Å². The lowest BCUT2D eigenvalue weighted by molar-refractivity contribution is -0.0954. The Morgan fingerprint density at radius 1 is 1.62 bits per heavy atom. The van der Waals surface area contributed by atoms with Crippen molar-refractivity contribution in [3.63, 3.8) is 0 Å². The molecule has 7 heteroatoms. The van der Waals surface area contributed by atoms with Crippen LogP contribution in [0.5, 0.6) is 0 Å². The van der Waals surface area contributed by atoms with Gasteiger partial charge in [0.25, 0.3) is 0 Å². The van der Waals surface area contributed by atoms with E-state index in [4.69, 9.17) is 5.73 Å². The molecule has 0 radical (unpaired) electrons. The normalized spacial score (nSPS) is 14.2. The molecule has 0 saturated heterocycles. The third-order valence-electron chi connectivity index (χ3n) is 1.44. The molecule has 1 aromatic heterocycles. The van der Waals surface area contributed by atoms with Gasteiger partial charge < -0.3 is 5.73 Å². The second-order valence-corrected chi connectivity index (χ2v) is 2.94. The van der Waals surface area contributed by atoms with E-state index in [9.17, 15) is 13.2 Å². The van der Waals surface area contributed by atoms with Crippen LogP contribution in [0.25, 0.3) is 0 Å². The number of hydrogen-bond donors (Lipinski definition) is 1. The van der Waals surface area contributed by atoms with Gasteiger partial charge in [0, 0.05) is 11.0 Å². The van der Waals surface area contributed by atoms with E-state index in [0.717, 1.165) is 11.5 Å². The van der Waals surface area contributed by atoms with E-state index in [-0.39, 0.29) is 5.69 Å². The van der Waals surface area contributed by atoms with Gasteiger partial charge in [0.15, 0.2) is 0 Å². The molecule has 0 saturated carbocycles. The molecule has 1 aromatic rings. The predicted molar refractivity (Wildman–Crippen MR) is 42.0 cm³/mol. The summed E-state index contributed by atoms with van der Waals surface area (Å²) in [5.41, 5.74) is 4.33. The lowest BCUT2D eigenvalue weighted by Gasteiger charge is -2.14. The molecule has 72 valence electrons. The average Bonchev–Trinajstić information content (AvgIpc) is 2.51. The van der Waals surface area contributed by atoms with E-state index < -0.39 is 17.8 Å². The highest BCUT2D eigenvalue weighted by atomic mass is 32.1. The van der Waals surface area contributed by atoms with Crippen molar-refractivity contribution in [2.75, 3.05) is 0 Å². The van der Waals surface area contributed by atoms with Gasteiger partial charge in [0.05, 0.1) is 11.7 Å². The zero-order chi connectivity index (χ0) is 10.1. The molecule has 0 aliphatic heterocycles.